The average Bonchev–Trinajstić information content (AvgIpc) is 3.27. The summed E-state index contributed by atoms with van der Waals surface area (Å²) in [5, 5.41) is 15.8. The monoisotopic (exact) mass is 412 g/mol. The van der Waals surface area contributed by atoms with E-state index in [1.807, 2.05) is 42.3 Å². The number of carbonyl (C=O) groups is 2. The van der Waals surface area contributed by atoms with Crippen LogP contribution in [0.1, 0.15) is 29.6 Å². The van der Waals surface area contributed by atoms with Gasteiger partial charge in [-0.3, -0.25) is 9.59 Å². The molecule has 2 N–H and O–H groups in total. The van der Waals surface area contributed by atoms with Gasteiger partial charge in [-0.2, -0.15) is 0 Å². The fourth-order valence-corrected chi connectivity index (χ4v) is 4.90. The van der Waals surface area contributed by atoms with Gasteiger partial charge in [0.25, 0.3) is 5.91 Å². The van der Waals surface area contributed by atoms with Crippen LogP contribution in [0.15, 0.2) is 41.1 Å². The molecule has 0 aliphatic carbocycles. The molecule has 160 valence electrons. The third-order valence-electron chi connectivity index (χ3n) is 6.50. The zero-order valence-corrected chi connectivity index (χ0v) is 17.2. The maximum Gasteiger partial charge on any atom is 0.259 e. The molecule has 2 aromatic rings. The molecule has 8 heteroatoms. The molecule has 2 amide bonds. The fraction of sp³-hybridized carbons (Fsp3) is 0.500. The van der Waals surface area contributed by atoms with Gasteiger partial charge in [-0.25, -0.2) is 0 Å². The Kier molecular flexibility index (Phi) is 5.87. The third kappa shape index (κ3) is 3.61. The van der Waals surface area contributed by atoms with Gasteiger partial charge in [-0.1, -0.05) is 35.5 Å². The van der Waals surface area contributed by atoms with Crippen molar-refractivity contribution in [3.63, 3.8) is 0 Å². The van der Waals surface area contributed by atoms with E-state index in [9.17, 15) is 9.59 Å². The van der Waals surface area contributed by atoms with Gasteiger partial charge in [-0.05, 0) is 32.9 Å². The Morgan fingerprint density at radius 1 is 1.27 bits per heavy atom. The van der Waals surface area contributed by atoms with Crippen molar-refractivity contribution in [3.8, 4) is 11.3 Å². The number of hydrogen-bond donors (Lipinski definition) is 2. The van der Waals surface area contributed by atoms with Crippen LogP contribution in [-0.2, 0) is 4.79 Å². The van der Waals surface area contributed by atoms with Gasteiger partial charge in [0.1, 0.15) is 5.56 Å². The Bertz CT molecular complexity index is 900. The number of nitrogens with zero attached hydrogens (tertiary/aromatic N) is 3. The topological polar surface area (TPSA) is 98.9 Å². The van der Waals surface area contributed by atoms with E-state index >= 15 is 0 Å². The summed E-state index contributed by atoms with van der Waals surface area (Å²) in [6.45, 7) is 2.03. The lowest BCUT2D eigenvalue weighted by Gasteiger charge is -2.53. The standard InChI is InChI=1S/C22H28N4O4/c1-25-11-5-8-22(21(29)23-10-13-27)9-12-26(15-18(22)25)20(28)17-14-24-30-19(17)16-6-3-2-4-7-16/h2-4,6-7,14,18,27H,5,8-13,15H2,1H3,(H,23,29)/t18-,22+/m0/s1. The highest BCUT2D eigenvalue weighted by atomic mass is 16.5. The first-order valence-electron chi connectivity index (χ1n) is 10.5. The van der Waals surface area contributed by atoms with E-state index < -0.39 is 5.41 Å². The van der Waals surface area contributed by atoms with Crippen molar-refractivity contribution in [1.29, 1.82) is 0 Å². The van der Waals surface area contributed by atoms with Gasteiger partial charge >= 0.3 is 0 Å². The Morgan fingerprint density at radius 3 is 2.83 bits per heavy atom. The van der Waals surface area contributed by atoms with Crippen LogP contribution in [0.25, 0.3) is 11.3 Å². The molecule has 0 unspecified atom stereocenters. The van der Waals surface area contributed by atoms with Crippen molar-refractivity contribution in [2.24, 2.45) is 5.41 Å². The van der Waals surface area contributed by atoms with Crippen molar-refractivity contribution in [1.82, 2.24) is 20.3 Å². The van der Waals surface area contributed by atoms with Crippen molar-refractivity contribution in [2.75, 3.05) is 39.8 Å². The van der Waals surface area contributed by atoms with Crippen molar-refractivity contribution < 1.29 is 19.2 Å². The molecule has 1 aromatic carbocycles. The molecular weight excluding hydrogens is 384 g/mol. The molecule has 2 fully saturated rings. The molecule has 2 saturated heterocycles. The van der Waals surface area contributed by atoms with Crippen LogP contribution in [0, 0.1) is 5.41 Å². The molecule has 3 heterocycles. The van der Waals surface area contributed by atoms with Crippen molar-refractivity contribution in [3.05, 3.63) is 42.1 Å². The number of fused-ring (bicyclic) bond motifs is 1. The highest BCUT2D eigenvalue weighted by molar-refractivity contribution is 5.99. The number of rotatable bonds is 5. The number of aliphatic hydroxyl groups is 1. The summed E-state index contributed by atoms with van der Waals surface area (Å²) >= 11 is 0. The van der Waals surface area contributed by atoms with E-state index in [4.69, 9.17) is 9.63 Å². The molecule has 0 spiro atoms. The number of likely N-dealkylation sites (tertiary alicyclic amines) is 2. The number of carbonyl (C=O) groups excluding carboxylic acids is 2. The molecular formula is C22H28N4O4. The SMILES string of the molecule is CN1CCC[C@@]2(C(=O)NCCO)CCN(C(=O)c3cnoc3-c3ccccc3)C[C@H]12. The minimum Gasteiger partial charge on any atom is -0.395 e. The predicted molar refractivity (Wildman–Crippen MR) is 111 cm³/mol. The molecule has 30 heavy (non-hydrogen) atoms. The third-order valence-corrected chi connectivity index (χ3v) is 6.50. The molecule has 2 aliphatic heterocycles. The number of amides is 2. The largest absolute Gasteiger partial charge is 0.395 e. The van der Waals surface area contributed by atoms with Gasteiger partial charge in [0.05, 0.1) is 18.2 Å². The molecule has 0 saturated carbocycles. The number of likely N-dealkylation sites (N-methyl/N-ethyl adjacent to an activating group) is 1. The number of nitrogens with one attached hydrogen (secondary N) is 1. The van der Waals surface area contributed by atoms with E-state index in [-0.39, 0.29) is 31.0 Å². The van der Waals surface area contributed by atoms with Crippen LogP contribution in [0.3, 0.4) is 0 Å². The quantitative estimate of drug-likeness (QED) is 0.770. The summed E-state index contributed by atoms with van der Waals surface area (Å²) < 4.78 is 5.40. The zero-order chi connectivity index (χ0) is 21.1. The number of piperidine rings is 2. The maximum absolute atomic E-state index is 13.4. The highest BCUT2D eigenvalue weighted by Gasteiger charge is 2.52. The number of aromatic nitrogens is 1. The summed E-state index contributed by atoms with van der Waals surface area (Å²) in [7, 11) is 2.01. The average molecular weight is 412 g/mol. The summed E-state index contributed by atoms with van der Waals surface area (Å²) in [5.41, 5.74) is 0.718. The Balaban J connectivity index is 1.57. The predicted octanol–water partition coefficient (Wildman–Crippen LogP) is 1.38. The number of aliphatic hydroxyl groups excluding tert-OH is 1. The molecule has 0 bridgehead atoms. The molecule has 2 aliphatic rings. The minimum absolute atomic E-state index is 0.0184. The zero-order valence-electron chi connectivity index (χ0n) is 17.2. The normalized spacial score (nSPS) is 24.3. The van der Waals surface area contributed by atoms with Gasteiger partial charge in [0.15, 0.2) is 5.76 Å². The lowest BCUT2D eigenvalue weighted by Crippen LogP contribution is -2.65. The summed E-state index contributed by atoms with van der Waals surface area (Å²) in [4.78, 5) is 30.4. The van der Waals surface area contributed by atoms with Crippen LogP contribution < -0.4 is 5.32 Å². The minimum atomic E-state index is -0.532. The first-order valence-corrected chi connectivity index (χ1v) is 10.5. The lowest BCUT2D eigenvalue weighted by molar-refractivity contribution is -0.143. The highest BCUT2D eigenvalue weighted by Crippen LogP contribution is 2.42. The van der Waals surface area contributed by atoms with Crippen LogP contribution in [-0.4, -0.2) is 77.8 Å². The van der Waals surface area contributed by atoms with E-state index in [0.29, 0.717) is 30.8 Å². The number of hydrogen-bond acceptors (Lipinski definition) is 6. The van der Waals surface area contributed by atoms with Crippen molar-refractivity contribution >= 4 is 11.8 Å². The molecule has 1 aromatic heterocycles. The van der Waals surface area contributed by atoms with Crippen LogP contribution >= 0.6 is 0 Å². The summed E-state index contributed by atoms with van der Waals surface area (Å²) in [6.07, 6.45) is 3.81. The Morgan fingerprint density at radius 2 is 2.07 bits per heavy atom. The van der Waals surface area contributed by atoms with Gasteiger partial charge in [0.2, 0.25) is 5.91 Å². The van der Waals surface area contributed by atoms with Gasteiger partial charge in [0, 0.05) is 31.2 Å². The molecule has 2 atom stereocenters. The summed E-state index contributed by atoms with van der Waals surface area (Å²) in [5.74, 6) is 0.323. The first-order chi connectivity index (χ1) is 14.6. The Labute approximate surface area is 175 Å². The molecule has 0 radical (unpaired) electrons. The lowest BCUT2D eigenvalue weighted by atomic mass is 9.67. The van der Waals surface area contributed by atoms with E-state index in [0.717, 1.165) is 24.9 Å². The van der Waals surface area contributed by atoms with Gasteiger partial charge < -0.3 is 24.7 Å². The second-order valence-corrected chi connectivity index (χ2v) is 8.17. The smallest absolute Gasteiger partial charge is 0.259 e. The van der Waals surface area contributed by atoms with Crippen LogP contribution in [0.2, 0.25) is 0 Å². The second kappa shape index (κ2) is 8.57. The van der Waals surface area contributed by atoms with Crippen LogP contribution in [0.4, 0.5) is 0 Å². The summed E-state index contributed by atoms with van der Waals surface area (Å²) in [6, 6.07) is 9.40. The van der Waals surface area contributed by atoms with E-state index in [1.165, 1.54) is 6.20 Å². The first kappa shape index (κ1) is 20.6. The van der Waals surface area contributed by atoms with E-state index in [1.54, 1.807) is 0 Å². The number of benzene rings is 1. The molecule has 4 rings (SSSR count). The van der Waals surface area contributed by atoms with Crippen molar-refractivity contribution in [2.45, 2.75) is 25.3 Å². The van der Waals surface area contributed by atoms with Gasteiger partial charge in [-0.15, -0.1) is 0 Å². The second-order valence-electron chi connectivity index (χ2n) is 8.17. The molecule has 8 nitrogen and oxygen atoms in total. The fourth-order valence-electron chi connectivity index (χ4n) is 4.90. The Hall–Kier alpha value is -2.71. The van der Waals surface area contributed by atoms with E-state index in [2.05, 4.69) is 15.4 Å². The maximum atomic E-state index is 13.4. The van der Waals surface area contributed by atoms with Crippen LogP contribution in [0.5, 0.6) is 0 Å².